The third-order valence-electron chi connectivity index (χ3n) is 6.88. The van der Waals surface area contributed by atoms with E-state index < -0.39 is 54.3 Å². The van der Waals surface area contributed by atoms with Gasteiger partial charge in [-0.15, -0.1) is 0 Å². The SMILES string of the molecule is O=C(OCC12CC3CC(CC(C3)C1)C2)C(F)(F)CNCC(F)(F)C(F)(F)C(F)(F)C(F)(F)F. The van der Waals surface area contributed by atoms with E-state index in [1.807, 2.05) is 0 Å². The minimum atomic E-state index is -7.12. The Bertz CT molecular complexity index is 715. The zero-order chi connectivity index (χ0) is 25.1. The molecule has 4 bridgehead atoms. The van der Waals surface area contributed by atoms with Crippen LogP contribution in [-0.2, 0) is 9.53 Å². The number of ether oxygens (including phenoxy) is 1. The highest BCUT2D eigenvalue weighted by Gasteiger charge is 2.81. The molecule has 4 aliphatic rings. The third kappa shape index (κ3) is 4.77. The van der Waals surface area contributed by atoms with E-state index >= 15 is 0 Å². The van der Waals surface area contributed by atoms with Crippen LogP contribution in [0.25, 0.3) is 0 Å². The van der Waals surface area contributed by atoms with Gasteiger partial charge in [0.1, 0.15) is 0 Å². The zero-order valence-corrected chi connectivity index (χ0v) is 17.1. The first-order valence-electron chi connectivity index (χ1n) is 10.3. The molecule has 0 heterocycles. The van der Waals surface area contributed by atoms with Crippen LogP contribution in [0.3, 0.4) is 0 Å². The minimum absolute atomic E-state index is 0.322. The molecule has 0 saturated heterocycles. The van der Waals surface area contributed by atoms with E-state index in [0.29, 0.717) is 37.0 Å². The van der Waals surface area contributed by atoms with Crippen molar-refractivity contribution in [3.05, 3.63) is 0 Å². The first-order chi connectivity index (χ1) is 14.8. The van der Waals surface area contributed by atoms with E-state index in [4.69, 9.17) is 4.74 Å². The summed E-state index contributed by atoms with van der Waals surface area (Å²) in [5, 5.41) is 0.989. The Morgan fingerprint density at radius 2 is 1.21 bits per heavy atom. The van der Waals surface area contributed by atoms with Crippen LogP contribution in [0.1, 0.15) is 38.5 Å². The lowest BCUT2D eigenvalue weighted by Gasteiger charge is -2.56. The van der Waals surface area contributed by atoms with Crippen molar-refractivity contribution in [2.24, 2.45) is 23.2 Å². The van der Waals surface area contributed by atoms with Crippen LogP contribution in [-0.4, -0.2) is 55.5 Å². The number of alkyl halides is 11. The quantitative estimate of drug-likeness (QED) is 0.335. The van der Waals surface area contributed by atoms with Crippen molar-refractivity contribution in [1.29, 1.82) is 0 Å². The van der Waals surface area contributed by atoms with E-state index in [0.717, 1.165) is 24.6 Å². The molecule has 3 nitrogen and oxygen atoms in total. The second-order valence-electron chi connectivity index (χ2n) is 9.65. The Labute approximate surface area is 181 Å². The first-order valence-corrected chi connectivity index (χ1v) is 10.3. The van der Waals surface area contributed by atoms with Crippen molar-refractivity contribution < 1.29 is 57.8 Å². The van der Waals surface area contributed by atoms with Crippen LogP contribution >= 0.6 is 0 Å². The molecule has 14 heteroatoms. The molecule has 0 aromatic carbocycles. The van der Waals surface area contributed by atoms with Crippen LogP contribution < -0.4 is 5.32 Å². The molecule has 4 aliphatic carbocycles. The van der Waals surface area contributed by atoms with Gasteiger partial charge in [-0.1, -0.05) is 0 Å². The summed E-state index contributed by atoms with van der Waals surface area (Å²) in [4.78, 5) is 11.8. The van der Waals surface area contributed by atoms with Gasteiger partial charge in [0.25, 0.3) is 0 Å². The largest absolute Gasteiger partial charge is 0.461 e. The molecule has 0 spiro atoms. The molecule has 33 heavy (non-hydrogen) atoms. The van der Waals surface area contributed by atoms with Crippen molar-refractivity contribution in [1.82, 2.24) is 5.32 Å². The van der Waals surface area contributed by atoms with E-state index in [-0.39, 0.29) is 6.61 Å². The highest BCUT2D eigenvalue weighted by atomic mass is 19.4. The Morgan fingerprint density at radius 1 is 0.758 bits per heavy atom. The second-order valence-corrected chi connectivity index (χ2v) is 9.65. The van der Waals surface area contributed by atoms with Gasteiger partial charge in [0.2, 0.25) is 0 Å². The maximum Gasteiger partial charge on any atom is 0.460 e. The summed E-state index contributed by atoms with van der Waals surface area (Å²) in [6.07, 6.45) is -1.83. The standard InChI is InChI=1S/C19H22F11NO2/c20-15(21,7-31-8-16(22,23)17(24,25)18(26,27)19(28,29)30)13(32)33-9-14-4-10-1-11(5-14)3-12(2-10)6-14/h10-12,31H,1-9H2. The molecule has 4 rings (SSSR count). The Hall–Kier alpha value is -1.34. The fourth-order valence-electron chi connectivity index (χ4n) is 5.76. The highest BCUT2D eigenvalue weighted by Crippen LogP contribution is 2.60. The van der Waals surface area contributed by atoms with Crippen LogP contribution in [0, 0.1) is 23.2 Å². The fourth-order valence-corrected chi connectivity index (χ4v) is 5.76. The predicted molar refractivity (Wildman–Crippen MR) is 90.3 cm³/mol. The maximum absolute atomic E-state index is 14.0. The summed E-state index contributed by atoms with van der Waals surface area (Å²) in [5.74, 6) is -25.5. The number of rotatable bonds is 9. The monoisotopic (exact) mass is 505 g/mol. The number of carbonyl (C=O) groups excluding carboxylic acids is 1. The number of esters is 1. The van der Waals surface area contributed by atoms with Crippen LogP contribution in [0.4, 0.5) is 48.3 Å². The number of nitrogens with one attached hydrogen (secondary N) is 1. The molecule has 4 fully saturated rings. The van der Waals surface area contributed by atoms with Crippen molar-refractivity contribution in [2.45, 2.75) is 68.4 Å². The number of hydrogen-bond donors (Lipinski definition) is 1. The number of carbonyl (C=O) groups is 1. The average Bonchev–Trinajstić information content (AvgIpc) is 2.63. The maximum atomic E-state index is 14.0. The molecule has 0 aromatic heterocycles. The smallest absolute Gasteiger partial charge is 0.460 e. The van der Waals surface area contributed by atoms with Gasteiger partial charge >= 0.3 is 35.8 Å². The summed E-state index contributed by atoms with van der Waals surface area (Å²) < 4.78 is 148. The van der Waals surface area contributed by atoms with E-state index in [2.05, 4.69) is 0 Å². The summed E-state index contributed by atoms with van der Waals surface area (Å²) in [6.45, 7) is -5.00. The van der Waals surface area contributed by atoms with Gasteiger partial charge in [-0.3, -0.25) is 0 Å². The van der Waals surface area contributed by atoms with Crippen LogP contribution in [0.15, 0.2) is 0 Å². The summed E-state index contributed by atoms with van der Waals surface area (Å²) in [7, 11) is 0. The Morgan fingerprint density at radius 3 is 1.64 bits per heavy atom. The molecular weight excluding hydrogens is 483 g/mol. The molecule has 1 N–H and O–H groups in total. The van der Waals surface area contributed by atoms with Gasteiger partial charge in [-0.05, 0) is 56.3 Å². The molecule has 4 saturated carbocycles. The van der Waals surface area contributed by atoms with E-state index in [9.17, 15) is 53.1 Å². The third-order valence-corrected chi connectivity index (χ3v) is 6.88. The Kier molecular flexibility index (Phi) is 6.46. The topological polar surface area (TPSA) is 38.3 Å². The number of halogens is 11. The van der Waals surface area contributed by atoms with Crippen molar-refractivity contribution in [2.75, 3.05) is 19.7 Å². The van der Waals surface area contributed by atoms with Gasteiger partial charge in [0, 0.05) is 5.41 Å². The summed E-state index contributed by atoms with van der Waals surface area (Å²) in [5.41, 5.74) is -0.452. The summed E-state index contributed by atoms with van der Waals surface area (Å²) in [6, 6.07) is 0. The molecule has 0 unspecified atom stereocenters. The molecule has 0 amide bonds. The summed E-state index contributed by atoms with van der Waals surface area (Å²) >= 11 is 0. The predicted octanol–water partition coefficient (Wildman–Crippen LogP) is 5.44. The fraction of sp³-hybridized carbons (Fsp3) is 0.947. The van der Waals surface area contributed by atoms with Gasteiger partial charge in [0.15, 0.2) is 0 Å². The van der Waals surface area contributed by atoms with Crippen LogP contribution in [0.5, 0.6) is 0 Å². The van der Waals surface area contributed by atoms with Gasteiger partial charge in [-0.2, -0.15) is 48.3 Å². The lowest BCUT2D eigenvalue weighted by atomic mass is 9.50. The van der Waals surface area contributed by atoms with E-state index in [1.54, 1.807) is 0 Å². The van der Waals surface area contributed by atoms with Crippen molar-refractivity contribution in [3.63, 3.8) is 0 Å². The van der Waals surface area contributed by atoms with Crippen molar-refractivity contribution in [3.8, 4) is 0 Å². The van der Waals surface area contributed by atoms with Crippen molar-refractivity contribution >= 4 is 5.97 Å². The second kappa shape index (κ2) is 8.11. The lowest BCUT2D eigenvalue weighted by Crippen LogP contribution is -2.63. The molecule has 0 aliphatic heterocycles. The highest BCUT2D eigenvalue weighted by molar-refractivity contribution is 5.77. The zero-order valence-electron chi connectivity index (χ0n) is 17.1. The first kappa shape index (κ1) is 26.3. The minimum Gasteiger partial charge on any atom is -0.461 e. The average molecular weight is 505 g/mol. The molecular formula is C19H22F11NO2. The molecule has 0 radical (unpaired) electrons. The van der Waals surface area contributed by atoms with E-state index in [1.165, 1.54) is 0 Å². The van der Waals surface area contributed by atoms with Gasteiger partial charge in [-0.25, -0.2) is 4.79 Å². The molecule has 192 valence electrons. The number of hydrogen-bond acceptors (Lipinski definition) is 3. The molecule has 0 atom stereocenters. The normalized spacial score (nSPS) is 30.6. The van der Waals surface area contributed by atoms with Gasteiger partial charge < -0.3 is 10.1 Å². The van der Waals surface area contributed by atoms with Gasteiger partial charge in [0.05, 0.1) is 19.7 Å². The van der Waals surface area contributed by atoms with Crippen LogP contribution in [0.2, 0.25) is 0 Å². The Balaban J connectivity index is 1.53. The molecule has 0 aromatic rings. The lowest BCUT2D eigenvalue weighted by molar-refractivity contribution is -0.394.